The van der Waals surface area contributed by atoms with Crippen LogP contribution in [-0.4, -0.2) is 26.2 Å². The van der Waals surface area contributed by atoms with Crippen LogP contribution in [0.2, 0.25) is 0 Å². The van der Waals surface area contributed by atoms with Crippen LogP contribution in [0.4, 0.5) is 5.69 Å². The lowest BCUT2D eigenvalue weighted by atomic mass is 9.90. The Morgan fingerprint density at radius 2 is 1.77 bits per heavy atom. The summed E-state index contributed by atoms with van der Waals surface area (Å²) < 4.78 is 13.6. The fourth-order valence-electron chi connectivity index (χ4n) is 3.96. The minimum absolute atomic E-state index is 0.372. The number of hydrogen-bond acceptors (Lipinski definition) is 4. The lowest BCUT2D eigenvalue weighted by molar-refractivity contribution is 0.0601. The number of benzene rings is 3. The van der Waals surface area contributed by atoms with Gasteiger partial charge in [0.25, 0.3) is 0 Å². The molecule has 1 aliphatic heterocycles. The Hall–Kier alpha value is -3.60. The van der Waals surface area contributed by atoms with Gasteiger partial charge in [0.15, 0.2) is 0 Å². The third-order valence-electron chi connectivity index (χ3n) is 5.46. The van der Waals surface area contributed by atoms with Crippen molar-refractivity contribution in [3.8, 4) is 22.5 Å². The van der Waals surface area contributed by atoms with Gasteiger partial charge in [0, 0.05) is 34.3 Å². The van der Waals surface area contributed by atoms with Crippen LogP contribution in [0.15, 0.2) is 65.1 Å². The zero-order chi connectivity index (χ0) is 21.3. The number of fused-ring (bicyclic) bond motifs is 2. The van der Waals surface area contributed by atoms with Gasteiger partial charge in [-0.3, -0.25) is 0 Å². The summed E-state index contributed by atoms with van der Waals surface area (Å²) in [4.78, 5) is 12.5. The van der Waals surface area contributed by atoms with Crippen LogP contribution in [-0.2, 0) is 4.74 Å². The molecule has 0 unspecified atom stereocenters. The average molecular weight is 401 g/mol. The second-order valence-corrected chi connectivity index (χ2v) is 7.12. The van der Waals surface area contributed by atoms with Crippen molar-refractivity contribution in [1.82, 2.24) is 4.58 Å². The first-order chi connectivity index (χ1) is 14.6. The minimum Gasteiger partial charge on any atom is -0.465 e. The number of carbonyl (C=O) groups is 1. The Bertz CT molecular complexity index is 1280. The van der Waals surface area contributed by atoms with Gasteiger partial charge in [-0.2, -0.15) is 0 Å². The van der Waals surface area contributed by atoms with Crippen LogP contribution in [0.3, 0.4) is 0 Å². The van der Waals surface area contributed by atoms with Gasteiger partial charge in [-0.1, -0.05) is 18.2 Å². The highest BCUT2D eigenvalue weighted by molar-refractivity contribution is 6.08. The topological polar surface area (TPSA) is 68.5 Å². The van der Waals surface area contributed by atoms with Gasteiger partial charge in [-0.25, -0.2) is 9.37 Å². The molecular weight excluding hydrogens is 376 g/mol. The highest BCUT2D eigenvalue weighted by Gasteiger charge is 2.22. The fourth-order valence-corrected chi connectivity index (χ4v) is 3.96. The van der Waals surface area contributed by atoms with Gasteiger partial charge < -0.3 is 14.9 Å². The molecule has 0 saturated heterocycles. The predicted octanol–water partition coefficient (Wildman–Crippen LogP) is 4.39. The molecule has 0 spiro atoms. The molecule has 4 rings (SSSR count). The van der Waals surface area contributed by atoms with Gasteiger partial charge in [0.05, 0.1) is 18.7 Å². The molecule has 0 amide bonds. The maximum atomic E-state index is 12.5. The van der Waals surface area contributed by atoms with Crippen LogP contribution >= 0.6 is 0 Å². The lowest BCUT2D eigenvalue weighted by Gasteiger charge is -2.17. The van der Waals surface area contributed by atoms with Crippen LogP contribution in [0, 0.1) is 0 Å². The number of ether oxygens (including phenoxy) is 1. The summed E-state index contributed by atoms with van der Waals surface area (Å²) in [6.07, 6.45) is 0. The first-order valence-electron chi connectivity index (χ1n) is 10.1. The summed E-state index contributed by atoms with van der Waals surface area (Å²) >= 11 is 0. The van der Waals surface area contributed by atoms with Crippen molar-refractivity contribution < 1.29 is 13.9 Å². The summed E-state index contributed by atoms with van der Waals surface area (Å²) in [5.41, 5.74) is 10.5. The van der Waals surface area contributed by atoms with Crippen molar-refractivity contribution in [3.05, 3.63) is 71.6 Å². The van der Waals surface area contributed by atoms with Gasteiger partial charge in [-0.15, -0.1) is 0 Å². The van der Waals surface area contributed by atoms with Crippen molar-refractivity contribution in [3.63, 3.8) is 0 Å². The third-order valence-corrected chi connectivity index (χ3v) is 5.46. The van der Waals surface area contributed by atoms with Gasteiger partial charge in [-0.05, 0) is 43.7 Å². The number of methoxy groups -OCH3 is 1. The second-order valence-electron chi connectivity index (χ2n) is 7.12. The van der Waals surface area contributed by atoms with E-state index >= 15 is 0 Å². The van der Waals surface area contributed by atoms with Gasteiger partial charge >= 0.3 is 5.97 Å². The molecular formula is C25H25N2O3+. The quantitative estimate of drug-likeness (QED) is 0.238. The molecule has 0 radical (unpaired) electrons. The Labute approximate surface area is 175 Å². The summed E-state index contributed by atoms with van der Waals surface area (Å²) in [5.74, 6) is 0.370. The molecule has 0 fully saturated rings. The molecule has 5 nitrogen and oxygen atoms in total. The predicted molar refractivity (Wildman–Crippen MR) is 120 cm³/mol. The smallest absolute Gasteiger partial charge is 0.338 e. The Balaban J connectivity index is 2.15. The normalized spacial score (nSPS) is 11.0. The van der Waals surface area contributed by atoms with Crippen molar-refractivity contribution in [2.75, 3.05) is 25.9 Å². The molecule has 2 aromatic rings. The van der Waals surface area contributed by atoms with Crippen LogP contribution in [0.5, 0.6) is 0 Å². The highest BCUT2D eigenvalue weighted by Crippen LogP contribution is 2.41. The summed E-state index contributed by atoms with van der Waals surface area (Å²) in [6.45, 7) is 6.06. The number of hydrogen-bond donors (Lipinski definition) is 1. The number of nitrogens with two attached hydrogens (primary N) is 1. The standard InChI is InChI=1S/C25H24N2O3/c1-4-27(5-2)17-11-13-21-23(15-17)30-22-14-16(26)10-12-20(22)24(21)18-8-6-7-9-19(18)25(28)29-3/h6-15,26H,4-5H2,1-3H3/p+1. The van der Waals surface area contributed by atoms with E-state index in [1.54, 1.807) is 6.07 Å². The number of nitrogens with zero attached hydrogens (tertiary/aromatic N) is 1. The van der Waals surface area contributed by atoms with E-state index in [0.717, 1.165) is 46.3 Å². The first kappa shape index (κ1) is 19.7. The Morgan fingerprint density at radius 3 is 2.50 bits per heavy atom. The number of nitrogen functional groups attached to an aromatic ring is 1. The second kappa shape index (κ2) is 8.03. The molecule has 0 saturated carbocycles. The summed E-state index contributed by atoms with van der Waals surface area (Å²) in [6, 6.07) is 19.3. The third kappa shape index (κ3) is 3.32. The number of esters is 1. The zero-order valence-electron chi connectivity index (χ0n) is 17.4. The van der Waals surface area contributed by atoms with E-state index in [0.29, 0.717) is 16.8 Å². The van der Waals surface area contributed by atoms with Crippen LogP contribution < -0.4 is 15.7 Å². The minimum atomic E-state index is -0.372. The van der Waals surface area contributed by atoms with Gasteiger partial charge in [0.2, 0.25) is 5.36 Å². The monoisotopic (exact) mass is 401 g/mol. The highest BCUT2D eigenvalue weighted by atomic mass is 16.5. The Kier molecular flexibility index (Phi) is 5.27. The maximum Gasteiger partial charge on any atom is 0.338 e. The number of anilines is 1. The van der Waals surface area contributed by atoms with E-state index in [4.69, 9.17) is 14.9 Å². The zero-order valence-corrected chi connectivity index (χ0v) is 17.4. The van der Waals surface area contributed by atoms with Crippen LogP contribution in [0.25, 0.3) is 33.4 Å². The average Bonchev–Trinajstić information content (AvgIpc) is 2.77. The van der Waals surface area contributed by atoms with E-state index in [1.807, 2.05) is 36.4 Å². The maximum absolute atomic E-state index is 12.5. The van der Waals surface area contributed by atoms with E-state index < -0.39 is 0 Å². The molecule has 1 heterocycles. The van der Waals surface area contributed by atoms with Crippen LogP contribution in [0.1, 0.15) is 24.2 Å². The lowest BCUT2D eigenvalue weighted by Crippen LogP contribution is -2.29. The Morgan fingerprint density at radius 1 is 1.00 bits per heavy atom. The molecule has 5 heteroatoms. The molecule has 2 aromatic carbocycles. The van der Waals surface area contributed by atoms with Gasteiger partial charge in [0.1, 0.15) is 24.4 Å². The fraction of sp³-hybridized carbons (Fsp3) is 0.200. The van der Waals surface area contributed by atoms with E-state index in [-0.39, 0.29) is 5.97 Å². The molecule has 30 heavy (non-hydrogen) atoms. The molecule has 0 bridgehead atoms. The van der Waals surface area contributed by atoms with E-state index in [2.05, 4.69) is 36.6 Å². The SMILES string of the molecule is CC[N+](CC)=c1ccc2c(-c3ccccc3C(=O)OC)c3ccc(N)cc3oc-2c1. The molecule has 0 aromatic heterocycles. The summed E-state index contributed by atoms with van der Waals surface area (Å²) in [5, 5.41) is 1.98. The molecule has 0 atom stereocenters. The summed E-state index contributed by atoms with van der Waals surface area (Å²) in [7, 11) is 1.40. The van der Waals surface area contributed by atoms with Crippen molar-refractivity contribution >= 4 is 22.6 Å². The first-order valence-corrected chi connectivity index (χ1v) is 10.1. The van der Waals surface area contributed by atoms with E-state index in [1.165, 1.54) is 7.11 Å². The number of carbonyl (C=O) groups excluding carboxylic acids is 1. The molecule has 1 aliphatic carbocycles. The molecule has 152 valence electrons. The number of rotatable bonds is 4. The molecule has 2 aliphatic rings. The molecule has 2 N–H and O–H groups in total. The van der Waals surface area contributed by atoms with E-state index in [9.17, 15) is 4.79 Å². The van der Waals surface area contributed by atoms with Crippen molar-refractivity contribution in [2.24, 2.45) is 0 Å². The van der Waals surface area contributed by atoms with Crippen molar-refractivity contribution in [1.29, 1.82) is 0 Å². The van der Waals surface area contributed by atoms with Crippen molar-refractivity contribution in [2.45, 2.75) is 13.8 Å². The largest absolute Gasteiger partial charge is 0.465 e.